The maximum atomic E-state index is 6.00. The van der Waals surface area contributed by atoms with Gasteiger partial charge in [0.15, 0.2) is 0 Å². The van der Waals surface area contributed by atoms with Gasteiger partial charge in [-0.05, 0) is 6.20 Å². The van der Waals surface area contributed by atoms with Crippen molar-refractivity contribution in [3.63, 3.8) is 0 Å². The molecule has 5 heavy (non-hydrogen) atoms. The van der Waals surface area contributed by atoms with Crippen molar-refractivity contribution in [2.24, 2.45) is 5.73 Å². The second-order valence-corrected chi connectivity index (χ2v) is 0.236. The number of rotatable bonds is 0. The van der Waals surface area contributed by atoms with Gasteiger partial charge in [0.25, 0.3) is 0 Å². The number of nitrogens with two attached hydrogens (primary N) is 1. The fraction of sp³-hybridized carbons (Fsp3) is 0. The van der Waals surface area contributed by atoms with Gasteiger partial charge in [-0.1, -0.05) is 6.58 Å². The molecule has 0 aromatic heterocycles. The van der Waals surface area contributed by atoms with E-state index in [0.29, 0.717) is 0 Å². The van der Waals surface area contributed by atoms with Crippen molar-refractivity contribution in [3.8, 4) is 0 Å². The first-order valence-corrected chi connectivity index (χ1v) is 0.942. The normalized spacial score (nSPS) is 2.80. The fourth-order valence-electron chi connectivity index (χ4n) is 0. The Bertz CT molecular complexity index is 29.1. The van der Waals surface area contributed by atoms with Gasteiger partial charge in [-0.2, -0.15) is 0 Å². The number of nitrogens with zero attached hydrogens (tertiary/aromatic N) is 2. The highest BCUT2D eigenvalue weighted by atomic mass is 14.6. The minimum absolute atomic E-state index is 1.25. The van der Waals surface area contributed by atoms with Crippen LogP contribution < -0.4 is 5.73 Å². The van der Waals surface area contributed by atoms with Crippen LogP contribution in [0.3, 0.4) is 0 Å². The second-order valence-electron chi connectivity index (χ2n) is 0.236. The van der Waals surface area contributed by atoms with Crippen molar-refractivity contribution in [1.82, 2.24) is 0 Å². The van der Waals surface area contributed by atoms with Gasteiger partial charge >= 0.3 is 0 Å². The lowest BCUT2D eigenvalue weighted by molar-refractivity contribution is 1.15. The van der Waals surface area contributed by atoms with Crippen LogP contribution in [0.25, 0.3) is 0 Å². The Balaban J connectivity index is 0. The SMILES string of the molecule is C=CN.N#N. The molecule has 0 aromatic rings. The van der Waals surface area contributed by atoms with E-state index >= 15 is 0 Å². The highest BCUT2D eigenvalue weighted by Gasteiger charge is 1.09. The average molecular weight is 71.1 g/mol. The second kappa shape index (κ2) is 7110. The maximum absolute atomic E-state index is 6.00. The van der Waals surface area contributed by atoms with Gasteiger partial charge in [-0.25, -0.2) is 0 Å². The summed E-state index contributed by atoms with van der Waals surface area (Å²) in [6, 6.07) is 0. The summed E-state index contributed by atoms with van der Waals surface area (Å²) < 4.78 is 0. The third-order valence-electron chi connectivity index (χ3n) is 0. The van der Waals surface area contributed by atoms with E-state index in [0.717, 1.165) is 0 Å². The molecular weight excluding hydrogens is 66.0 g/mol. The predicted octanol–water partition coefficient (Wildman–Crippen LogP) is 0.119. The van der Waals surface area contributed by atoms with Gasteiger partial charge < -0.3 is 5.73 Å². The summed E-state index contributed by atoms with van der Waals surface area (Å²) in [6.45, 7) is 3.14. The molecule has 0 aliphatic heterocycles. The van der Waals surface area contributed by atoms with Crippen LogP contribution in [0.2, 0.25) is 0 Å². The van der Waals surface area contributed by atoms with Crippen molar-refractivity contribution in [1.29, 1.82) is 10.8 Å². The largest absolute Gasteiger partial charge is 0.405 e. The molecule has 0 aromatic carbocycles. The Hall–Kier alpha value is -1.04. The summed E-state index contributed by atoms with van der Waals surface area (Å²) in [5.41, 5.74) is 4.61. The van der Waals surface area contributed by atoms with Crippen molar-refractivity contribution >= 4 is 0 Å². The van der Waals surface area contributed by atoms with Crippen LogP contribution in [-0.2, 0) is 0 Å². The molecule has 0 unspecified atom stereocenters. The van der Waals surface area contributed by atoms with Crippen LogP contribution in [0, 0.1) is 10.8 Å². The van der Waals surface area contributed by atoms with Crippen molar-refractivity contribution < 1.29 is 0 Å². The minimum atomic E-state index is 1.25. The zero-order valence-electron chi connectivity index (χ0n) is 2.76. The maximum Gasteiger partial charge on any atom is 0 e. The highest BCUT2D eigenvalue weighted by molar-refractivity contribution is 4.48. The average Bonchev–Trinajstić information content (AvgIpc) is 1.46. The molecule has 3 heteroatoms. The zero-order valence-corrected chi connectivity index (χ0v) is 2.76. The topological polar surface area (TPSA) is 73.6 Å². The van der Waals surface area contributed by atoms with Crippen LogP contribution in [0.1, 0.15) is 0 Å². The summed E-state index contributed by atoms with van der Waals surface area (Å²) in [4.78, 5) is 0. The van der Waals surface area contributed by atoms with Crippen molar-refractivity contribution in [2.45, 2.75) is 0 Å². The molecule has 0 aliphatic rings. The Labute approximate surface area is 30.5 Å². The third kappa shape index (κ3) is 2.52. The van der Waals surface area contributed by atoms with E-state index in [2.05, 4.69) is 12.3 Å². The van der Waals surface area contributed by atoms with Crippen LogP contribution >= 0.6 is 0 Å². The molecular formula is C2H5N3. The van der Waals surface area contributed by atoms with E-state index < -0.39 is 0 Å². The molecule has 0 aliphatic carbocycles. The van der Waals surface area contributed by atoms with Crippen LogP contribution in [0.4, 0.5) is 0 Å². The minimum Gasteiger partial charge on any atom is -0.405 e. The molecule has 28 valence electrons. The number of hydrogen-bond donors (Lipinski definition) is 1. The quantitative estimate of drug-likeness (QED) is 0.412. The molecule has 0 heterocycles. The Kier molecular flexibility index (Phi) is 12800. The van der Waals surface area contributed by atoms with E-state index in [1.165, 1.54) is 6.20 Å². The molecule has 2 N–H and O–H groups in total. The lowest BCUT2D eigenvalue weighted by Gasteiger charge is -1.40. The fourth-order valence-corrected chi connectivity index (χ4v) is 0. The lowest BCUT2D eigenvalue weighted by Crippen LogP contribution is -1.67. The standard InChI is InChI=1S/C2H5N.N2/c1-2-3;1-2/h2H,1,3H2;. The lowest BCUT2D eigenvalue weighted by atomic mass is 11.1. The van der Waals surface area contributed by atoms with Gasteiger partial charge in [0, 0.05) is 10.8 Å². The number of hydrogen-bond acceptors (Lipinski definition) is 3. The van der Waals surface area contributed by atoms with E-state index in [1.54, 1.807) is 0 Å². The smallest absolute Gasteiger partial charge is 0 e. The molecule has 0 fully saturated rings. The first kappa shape index (κ1) is 9.03. The molecule has 0 bridgehead atoms. The van der Waals surface area contributed by atoms with Gasteiger partial charge in [-0.3, -0.25) is 0 Å². The van der Waals surface area contributed by atoms with E-state index in [4.69, 9.17) is 10.8 Å². The molecule has 0 spiro atoms. The Morgan fingerprint density at radius 3 is 1.60 bits per heavy atom. The zero-order chi connectivity index (χ0) is 4.71. The predicted molar refractivity (Wildman–Crippen MR) is 17.8 cm³/mol. The van der Waals surface area contributed by atoms with E-state index in [9.17, 15) is 0 Å². The Morgan fingerprint density at radius 2 is 1.60 bits per heavy atom. The molecule has 0 saturated carbocycles. The molecule has 0 atom stereocenters. The summed E-state index contributed by atoms with van der Waals surface area (Å²) in [5, 5.41) is 12.0. The van der Waals surface area contributed by atoms with Crippen LogP contribution in [0.15, 0.2) is 12.8 Å². The van der Waals surface area contributed by atoms with E-state index in [1.807, 2.05) is 0 Å². The van der Waals surface area contributed by atoms with Gasteiger partial charge in [0.2, 0.25) is 0 Å². The summed E-state index contributed by atoms with van der Waals surface area (Å²) >= 11 is 0. The molecule has 0 saturated heterocycles. The van der Waals surface area contributed by atoms with Gasteiger partial charge in [-0.15, -0.1) is 0 Å². The van der Waals surface area contributed by atoms with Crippen LogP contribution in [-0.4, -0.2) is 0 Å². The molecule has 0 rings (SSSR count). The van der Waals surface area contributed by atoms with E-state index in [-0.39, 0.29) is 0 Å². The molecule has 3 nitrogen and oxygen atoms in total. The van der Waals surface area contributed by atoms with Crippen LogP contribution in [0.5, 0.6) is 0 Å². The third-order valence-corrected chi connectivity index (χ3v) is 0. The Morgan fingerprint density at radius 1 is 1.60 bits per heavy atom. The van der Waals surface area contributed by atoms with Gasteiger partial charge in [0.1, 0.15) is 0 Å². The molecule has 0 amide bonds. The first-order chi connectivity index (χ1) is 2.41. The summed E-state index contributed by atoms with van der Waals surface area (Å²) in [7, 11) is 0. The summed E-state index contributed by atoms with van der Waals surface area (Å²) in [6.07, 6.45) is 1.25. The first-order valence-electron chi connectivity index (χ1n) is 0.942. The highest BCUT2D eigenvalue weighted by Crippen LogP contribution is 1.13. The molecule has 0 radical (unpaired) electrons. The van der Waals surface area contributed by atoms with Gasteiger partial charge in [0.05, 0.1) is 0 Å². The summed E-state index contributed by atoms with van der Waals surface area (Å²) in [5.74, 6) is 0. The van der Waals surface area contributed by atoms with Crippen molar-refractivity contribution in [3.05, 3.63) is 12.8 Å². The van der Waals surface area contributed by atoms with Crippen molar-refractivity contribution in [2.75, 3.05) is 0 Å². The monoisotopic (exact) mass is 71.0 g/mol.